The summed E-state index contributed by atoms with van der Waals surface area (Å²) < 4.78 is 31.6. The minimum Gasteiger partial charge on any atom is -0.496 e. The van der Waals surface area contributed by atoms with Gasteiger partial charge in [0.05, 0.1) is 12.0 Å². The molecule has 0 radical (unpaired) electrons. The maximum Gasteiger partial charge on any atom is 0.322 e. The van der Waals surface area contributed by atoms with Gasteiger partial charge in [-0.25, -0.2) is 8.42 Å². The van der Waals surface area contributed by atoms with Crippen molar-refractivity contribution in [3.8, 4) is 5.75 Å². The van der Waals surface area contributed by atoms with E-state index < -0.39 is 22.0 Å². The molecule has 0 aromatic heterocycles. The van der Waals surface area contributed by atoms with Crippen LogP contribution in [0.1, 0.15) is 24.8 Å². The van der Waals surface area contributed by atoms with Crippen molar-refractivity contribution < 1.29 is 23.1 Å². The van der Waals surface area contributed by atoms with Crippen molar-refractivity contribution in [1.82, 2.24) is 4.31 Å². The first-order valence-electron chi connectivity index (χ1n) is 6.77. The average molecular weight is 313 g/mol. The number of benzene rings is 1. The molecule has 1 fully saturated rings. The molecule has 0 aliphatic carbocycles. The number of piperidine rings is 1. The molecular formula is C14H19NO5S. The SMILES string of the molecule is COc1ccc(S(=O)(=O)N2CCCC[C@H]2C(=O)O)cc1C. The highest BCUT2D eigenvalue weighted by atomic mass is 32.2. The molecule has 0 saturated carbocycles. The average Bonchev–Trinajstić information content (AvgIpc) is 2.47. The molecule has 116 valence electrons. The molecule has 21 heavy (non-hydrogen) atoms. The standard InChI is InChI=1S/C14H19NO5S/c1-10-9-11(6-7-13(10)20-2)21(18,19)15-8-4-3-5-12(15)14(16)17/h6-7,9,12H,3-5,8H2,1-2H3,(H,16,17)/t12-/m0/s1. The molecule has 1 aromatic carbocycles. The molecule has 7 heteroatoms. The van der Waals surface area contributed by atoms with Gasteiger partial charge in [-0.05, 0) is 49.9 Å². The van der Waals surface area contributed by atoms with Crippen LogP contribution in [0.3, 0.4) is 0 Å². The van der Waals surface area contributed by atoms with E-state index in [0.717, 1.165) is 10.7 Å². The van der Waals surface area contributed by atoms with E-state index in [4.69, 9.17) is 4.74 Å². The van der Waals surface area contributed by atoms with Crippen LogP contribution >= 0.6 is 0 Å². The lowest BCUT2D eigenvalue weighted by atomic mass is 10.1. The van der Waals surface area contributed by atoms with Crippen LogP contribution in [0.25, 0.3) is 0 Å². The Kier molecular flexibility index (Phi) is 4.53. The minimum atomic E-state index is -3.81. The molecule has 0 bridgehead atoms. The predicted octanol–water partition coefficient (Wildman–Crippen LogP) is 1.63. The number of aryl methyl sites for hydroxylation is 1. The van der Waals surface area contributed by atoms with E-state index in [0.29, 0.717) is 24.2 Å². The van der Waals surface area contributed by atoms with Crippen molar-refractivity contribution in [3.05, 3.63) is 23.8 Å². The lowest BCUT2D eigenvalue weighted by molar-refractivity contribution is -0.142. The zero-order valence-electron chi connectivity index (χ0n) is 12.1. The van der Waals surface area contributed by atoms with Crippen LogP contribution in [-0.2, 0) is 14.8 Å². The Bertz CT molecular complexity index is 641. The summed E-state index contributed by atoms with van der Waals surface area (Å²) in [5.74, 6) is -0.495. The minimum absolute atomic E-state index is 0.106. The van der Waals surface area contributed by atoms with Crippen LogP contribution in [0.5, 0.6) is 5.75 Å². The van der Waals surface area contributed by atoms with Crippen LogP contribution in [-0.4, -0.2) is 43.5 Å². The van der Waals surface area contributed by atoms with Gasteiger partial charge in [0, 0.05) is 6.54 Å². The molecule has 6 nitrogen and oxygen atoms in total. The molecule has 1 N–H and O–H groups in total. The van der Waals surface area contributed by atoms with E-state index >= 15 is 0 Å². The van der Waals surface area contributed by atoms with Crippen LogP contribution in [0.4, 0.5) is 0 Å². The largest absolute Gasteiger partial charge is 0.496 e. The highest BCUT2D eigenvalue weighted by Crippen LogP contribution is 2.28. The Balaban J connectivity index is 2.40. The number of hydrogen-bond acceptors (Lipinski definition) is 4. The van der Waals surface area contributed by atoms with E-state index in [9.17, 15) is 18.3 Å². The molecule has 0 amide bonds. The number of nitrogens with zero attached hydrogens (tertiary/aromatic N) is 1. The Labute approximate surface area is 124 Å². The van der Waals surface area contributed by atoms with Crippen LogP contribution in [0.2, 0.25) is 0 Å². The summed E-state index contributed by atoms with van der Waals surface area (Å²) in [7, 11) is -2.29. The third kappa shape index (κ3) is 3.03. The zero-order valence-corrected chi connectivity index (χ0v) is 12.9. The van der Waals surface area contributed by atoms with Crippen molar-refractivity contribution in [2.75, 3.05) is 13.7 Å². The third-order valence-electron chi connectivity index (χ3n) is 3.71. The van der Waals surface area contributed by atoms with Gasteiger partial charge in [0.15, 0.2) is 0 Å². The fourth-order valence-corrected chi connectivity index (χ4v) is 4.32. The molecule has 0 unspecified atom stereocenters. The second kappa shape index (κ2) is 6.03. The first kappa shape index (κ1) is 15.8. The van der Waals surface area contributed by atoms with E-state index in [1.54, 1.807) is 13.0 Å². The van der Waals surface area contributed by atoms with Crippen molar-refractivity contribution in [3.63, 3.8) is 0 Å². The maximum atomic E-state index is 12.7. The smallest absolute Gasteiger partial charge is 0.322 e. The summed E-state index contributed by atoms with van der Waals surface area (Å²) >= 11 is 0. The lowest BCUT2D eigenvalue weighted by Gasteiger charge is -2.31. The third-order valence-corrected chi connectivity index (χ3v) is 5.62. The number of aliphatic carboxylic acids is 1. The summed E-state index contributed by atoms with van der Waals surface area (Å²) in [5, 5.41) is 9.23. The van der Waals surface area contributed by atoms with Gasteiger partial charge >= 0.3 is 5.97 Å². The fraction of sp³-hybridized carbons (Fsp3) is 0.500. The summed E-state index contributed by atoms with van der Waals surface area (Å²) in [6, 6.07) is 3.57. The molecule has 1 aliphatic heterocycles. The number of rotatable bonds is 4. The lowest BCUT2D eigenvalue weighted by Crippen LogP contribution is -2.47. The van der Waals surface area contributed by atoms with Gasteiger partial charge in [0.25, 0.3) is 0 Å². The quantitative estimate of drug-likeness (QED) is 0.913. The van der Waals surface area contributed by atoms with E-state index in [-0.39, 0.29) is 11.4 Å². The second-order valence-electron chi connectivity index (χ2n) is 5.10. The number of ether oxygens (including phenoxy) is 1. The van der Waals surface area contributed by atoms with Gasteiger partial charge in [-0.1, -0.05) is 0 Å². The number of carboxylic acids is 1. The predicted molar refractivity (Wildman–Crippen MR) is 76.9 cm³/mol. The molecule has 1 aliphatic rings. The molecule has 0 spiro atoms. The van der Waals surface area contributed by atoms with E-state index in [1.807, 2.05) is 0 Å². The Morgan fingerprint density at radius 2 is 2.10 bits per heavy atom. The van der Waals surface area contributed by atoms with Gasteiger partial charge in [0.1, 0.15) is 11.8 Å². The second-order valence-corrected chi connectivity index (χ2v) is 6.99. The van der Waals surface area contributed by atoms with Crippen molar-refractivity contribution in [1.29, 1.82) is 0 Å². The van der Waals surface area contributed by atoms with E-state index in [1.165, 1.54) is 19.2 Å². The highest BCUT2D eigenvalue weighted by Gasteiger charge is 2.37. The number of sulfonamides is 1. The highest BCUT2D eigenvalue weighted by molar-refractivity contribution is 7.89. The first-order valence-corrected chi connectivity index (χ1v) is 8.21. The van der Waals surface area contributed by atoms with Gasteiger partial charge in [0.2, 0.25) is 10.0 Å². The molecule has 1 aromatic rings. The van der Waals surface area contributed by atoms with Gasteiger partial charge in [-0.15, -0.1) is 0 Å². The fourth-order valence-electron chi connectivity index (χ4n) is 2.59. The molecular weight excluding hydrogens is 294 g/mol. The van der Waals surface area contributed by atoms with Crippen molar-refractivity contribution in [2.24, 2.45) is 0 Å². The monoisotopic (exact) mass is 313 g/mol. The zero-order chi connectivity index (χ0) is 15.6. The summed E-state index contributed by atoms with van der Waals surface area (Å²) in [6.45, 7) is 1.99. The van der Waals surface area contributed by atoms with Gasteiger partial charge in [-0.3, -0.25) is 4.79 Å². The normalized spacial score (nSPS) is 20.2. The maximum absolute atomic E-state index is 12.7. The first-order chi connectivity index (χ1) is 9.87. The van der Waals surface area contributed by atoms with Gasteiger partial charge in [-0.2, -0.15) is 4.31 Å². The Hall–Kier alpha value is -1.60. The van der Waals surface area contributed by atoms with Crippen LogP contribution in [0, 0.1) is 6.92 Å². The molecule has 1 atom stereocenters. The van der Waals surface area contributed by atoms with Crippen LogP contribution < -0.4 is 4.74 Å². The molecule has 1 saturated heterocycles. The number of carbonyl (C=O) groups is 1. The summed E-state index contributed by atoms with van der Waals surface area (Å²) in [5.41, 5.74) is 0.697. The van der Waals surface area contributed by atoms with Crippen molar-refractivity contribution >= 4 is 16.0 Å². The van der Waals surface area contributed by atoms with E-state index in [2.05, 4.69) is 0 Å². The number of methoxy groups -OCH3 is 1. The molecule has 2 rings (SSSR count). The summed E-state index contributed by atoms with van der Waals surface area (Å²) in [6.07, 6.45) is 1.76. The van der Waals surface area contributed by atoms with Crippen LogP contribution in [0.15, 0.2) is 23.1 Å². The van der Waals surface area contributed by atoms with Crippen molar-refractivity contribution in [2.45, 2.75) is 37.1 Å². The summed E-state index contributed by atoms with van der Waals surface area (Å²) in [4.78, 5) is 11.4. The Morgan fingerprint density at radius 3 is 2.67 bits per heavy atom. The number of hydrogen-bond donors (Lipinski definition) is 1. The Morgan fingerprint density at radius 1 is 1.38 bits per heavy atom. The molecule has 1 heterocycles. The topological polar surface area (TPSA) is 83.9 Å². The number of carboxylic acid groups (broad SMARTS) is 1. The van der Waals surface area contributed by atoms with Gasteiger partial charge < -0.3 is 9.84 Å².